The van der Waals surface area contributed by atoms with Gasteiger partial charge in [0, 0.05) is 12.8 Å². The molecule has 7 nitrogen and oxygen atoms in total. The third-order valence-corrected chi connectivity index (χ3v) is 10.4. The number of carbonyl (C=O) groups is 2. The summed E-state index contributed by atoms with van der Waals surface area (Å²) in [5.41, 5.74) is 0. The highest BCUT2D eigenvalue weighted by molar-refractivity contribution is 5.70. The molecule has 0 aliphatic heterocycles. The van der Waals surface area contributed by atoms with Crippen LogP contribution in [0.5, 0.6) is 0 Å². The van der Waals surface area contributed by atoms with E-state index in [4.69, 9.17) is 9.47 Å². The Morgan fingerprint density at radius 3 is 1.45 bits per heavy atom. The van der Waals surface area contributed by atoms with Gasteiger partial charge in [-0.05, 0) is 38.0 Å². The minimum Gasteiger partial charge on any atom is -0.462 e. The van der Waals surface area contributed by atoms with E-state index in [-0.39, 0.29) is 25.1 Å². The summed E-state index contributed by atoms with van der Waals surface area (Å²) in [5.74, 6) is 0.0916. The van der Waals surface area contributed by atoms with Crippen LogP contribution in [0.15, 0.2) is 48.6 Å². The molecule has 55 heavy (non-hydrogen) atoms. The Bertz CT molecular complexity index is 971. The maximum atomic E-state index is 12.2. The second kappa shape index (κ2) is 41.4. The van der Waals surface area contributed by atoms with Crippen molar-refractivity contribution < 1.29 is 34.4 Å². The van der Waals surface area contributed by atoms with Gasteiger partial charge >= 0.3 is 11.9 Å². The minimum atomic E-state index is -0.879. The second-order valence-electron chi connectivity index (χ2n) is 15.8. The molecule has 0 radical (unpaired) electrons. The highest BCUT2D eigenvalue weighted by atomic mass is 16.6. The molecule has 0 aliphatic carbocycles. The standard InChI is InChI=1S/C48H86O7/c1-4-6-28-35-44(50)36-30-25-21-19-22-26-31-37-45(51)38-33-40-48(53)55-46(41-49)42-54-47(52)39-32-27-23-18-16-14-12-10-8-7-9-11-13-15-17-20-24-29-34-43(3)5-2/h21-22,25-26,30-31,36-37,43-46,49-51H,4-20,23-24,27-29,32-35,38-42H2,1-3H3/b25-21-,26-22-,36-30+,37-31+/t43?,44-,45-,46+/m1/s1. The first-order valence-corrected chi connectivity index (χ1v) is 22.8. The molecule has 0 saturated carbocycles. The minimum absolute atomic E-state index is 0.107. The third kappa shape index (κ3) is 39.8. The normalized spacial score (nSPS) is 14.4. The van der Waals surface area contributed by atoms with Gasteiger partial charge in [-0.3, -0.25) is 9.59 Å². The lowest BCUT2D eigenvalue weighted by molar-refractivity contribution is -0.161. The van der Waals surface area contributed by atoms with Gasteiger partial charge in [0.05, 0.1) is 18.8 Å². The summed E-state index contributed by atoms with van der Waals surface area (Å²) >= 11 is 0. The summed E-state index contributed by atoms with van der Waals surface area (Å²) in [6.07, 6.45) is 45.3. The van der Waals surface area contributed by atoms with Crippen molar-refractivity contribution in [1.82, 2.24) is 0 Å². The topological polar surface area (TPSA) is 113 Å². The fraction of sp³-hybridized carbons (Fsp3) is 0.792. The number of hydrogen-bond acceptors (Lipinski definition) is 7. The van der Waals surface area contributed by atoms with Crippen molar-refractivity contribution in [3.05, 3.63) is 48.6 Å². The van der Waals surface area contributed by atoms with Crippen LogP contribution in [-0.4, -0.2) is 58.8 Å². The number of unbranched alkanes of at least 4 members (excludes halogenated alkanes) is 19. The van der Waals surface area contributed by atoms with E-state index in [1.54, 1.807) is 12.2 Å². The van der Waals surface area contributed by atoms with E-state index >= 15 is 0 Å². The van der Waals surface area contributed by atoms with Crippen molar-refractivity contribution >= 4 is 11.9 Å². The van der Waals surface area contributed by atoms with Crippen molar-refractivity contribution in [2.45, 2.75) is 225 Å². The maximum Gasteiger partial charge on any atom is 0.306 e. The average Bonchev–Trinajstić information content (AvgIpc) is 3.17. The number of esters is 2. The van der Waals surface area contributed by atoms with Crippen LogP contribution in [0, 0.1) is 5.92 Å². The summed E-state index contributed by atoms with van der Waals surface area (Å²) in [5, 5.41) is 29.6. The number of aliphatic hydroxyl groups excluding tert-OH is 3. The van der Waals surface area contributed by atoms with Crippen LogP contribution < -0.4 is 0 Å². The monoisotopic (exact) mass is 775 g/mol. The Morgan fingerprint density at radius 2 is 0.982 bits per heavy atom. The fourth-order valence-electron chi connectivity index (χ4n) is 6.45. The molecule has 0 spiro atoms. The van der Waals surface area contributed by atoms with Crippen molar-refractivity contribution in [2.24, 2.45) is 5.92 Å². The Balaban J connectivity index is 3.70. The van der Waals surface area contributed by atoms with Gasteiger partial charge in [-0.2, -0.15) is 0 Å². The number of carbonyl (C=O) groups excluding carboxylic acids is 2. The summed E-state index contributed by atoms with van der Waals surface area (Å²) in [6.45, 7) is 6.26. The van der Waals surface area contributed by atoms with E-state index in [0.29, 0.717) is 19.3 Å². The Morgan fingerprint density at radius 1 is 0.545 bits per heavy atom. The van der Waals surface area contributed by atoms with Crippen LogP contribution in [0.2, 0.25) is 0 Å². The molecule has 0 saturated heterocycles. The first-order valence-electron chi connectivity index (χ1n) is 22.8. The lowest BCUT2D eigenvalue weighted by atomic mass is 9.99. The zero-order valence-corrected chi connectivity index (χ0v) is 35.8. The quantitative estimate of drug-likeness (QED) is 0.0323. The molecule has 0 bridgehead atoms. The van der Waals surface area contributed by atoms with E-state index in [1.807, 2.05) is 36.5 Å². The van der Waals surface area contributed by atoms with Crippen molar-refractivity contribution in [3.8, 4) is 0 Å². The van der Waals surface area contributed by atoms with Crippen molar-refractivity contribution in [3.63, 3.8) is 0 Å². The smallest absolute Gasteiger partial charge is 0.306 e. The molecule has 0 aromatic rings. The van der Waals surface area contributed by atoms with Crippen LogP contribution in [0.3, 0.4) is 0 Å². The van der Waals surface area contributed by atoms with Gasteiger partial charge < -0.3 is 24.8 Å². The van der Waals surface area contributed by atoms with Crippen LogP contribution >= 0.6 is 0 Å². The molecule has 4 atom stereocenters. The van der Waals surface area contributed by atoms with Crippen molar-refractivity contribution in [2.75, 3.05) is 13.2 Å². The summed E-state index contributed by atoms with van der Waals surface area (Å²) in [6, 6.07) is 0. The second-order valence-corrected chi connectivity index (χ2v) is 15.8. The van der Waals surface area contributed by atoms with Gasteiger partial charge in [0.2, 0.25) is 0 Å². The molecule has 320 valence electrons. The summed E-state index contributed by atoms with van der Waals surface area (Å²) in [7, 11) is 0. The van der Waals surface area contributed by atoms with E-state index in [9.17, 15) is 24.9 Å². The molecule has 0 heterocycles. The predicted octanol–water partition coefficient (Wildman–Crippen LogP) is 12.4. The molecule has 0 aromatic heterocycles. The highest BCUT2D eigenvalue weighted by Gasteiger charge is 2.16. The molecule has 0 aliphatic rings. The van der Waals surface area contributed by atoms with E-state index in [0.717, 1.165) is 57.3 Å². The molecule has 0 amide bonds. The Kier molecular flexibility index (Phi) is 39.7. The molecular formula is C48H86O7. The van der Waals surface area contributed by atoms with Gasteiger partial charge in [-0.25, -0.2) is 0 Å². The first kappa shape index (κ1) is 52.8. The molecular weight excluding hydrogens is 689 g/mol. The Hall–Kier alpha value is -2.22. The van der Waals surface area contributed by atoms with E-state index in [2.05, 4.69) is 20.8 Å². The maximum absolute atomic E-state index is 12.2. The molecule has 7 heteroatoms. The van der Waals surface area contributed by atoms with Gasteiger partial charge in [0.1, 0.15) is 6.61 Å². The van der Waals surface area contributed by atoms with Crippen LogP contribution in [-0.2, 0) is 19.1 Å². The zero-order chi connectivity index (χ0) is 40.5. The lowest BCUT2D eigenvalue weighted by Gasteiger charge is -2.16. The van der Waals surface area contributed by atoms with Crippen LogP contribution in [0.4, 0.5) is 0 Å². The molecule has 1 unspecified atom stereocenters. The molecule has 3 N–H and O–H groups in total. The number of hydrogen-bond donors (Lipinski definition) is 3. The molecule has 0 rings (SSSR count). The zero-order valence-electron chi connectivity index (χ0n) is 35.8. The fourth-order valence-corrected chi connectivity index (χ4v) is 6.45. The number of ether oxygens (including phenoxy) is 2. The molecule has 0 fully saturated rings. The van der Waals surface area contributed by atoms with E-state index in [1.165, 1.54) is 109 Å². The van der Waals surface area contributed by atoms with Crippen LogP contribution in [0.25, 0.3) is 0 Å². The van der Waals surface area contributed by atoms with Gasteiger partial charge in [0.25, 0.3) is 0 Å². The Labute approximate surface area is 338 Å². The van der Waals surface area contributed by atoms with Crippen molar-refractivity contribution in [1.29, 1.82) is 0 Å². The van der Waals surface area contributed by atoms with Gasteiger partial charge in [0.15, 0.2) is 6.10 Å². The number of aliphatic hydroxyl groups is 3. The van der Waals surface area contributed by atoms with Crippen LogP contribution in [0.1, 0.15) is 207 Å². The highest BCUT2D eigenvalue weighted by Crippen LogP contribution is 2.17. The SMILES string of the molecule is CCCCC[C@@H](O)/C=C/C=C\C/C=C\C=C\[C@@H](O)CCCC(=O)O[C@@H](CO)COC(=O)CCCCCCCCCCCCCCCCCCCCC(C)CC. The largest absolute Gasteiger partial charge is 0.462 e. The number of rotatable bonds is 40. The third-order valence-electron chi connectivity index (χ3n) is 10.4. The van der Waals surface area contributed by atoms with Gasteiger partial charge in [-0.1, -0.05) is 211 Å². The van der Waals surface area contributed by atoms with E-state index < -0.39 is 24.8 Å². The predicted molar refractivity (Wildman–Crippen MR) is 231 cm³/mol. The first-order chi connectivity index (χ1) is 26.8. The summed E-state index contributed by atoms with van der Waals surface area (Å²) in [4.78, 5) is 24.4. The van der Waals surface area contributed by atoms with Gasteiger partial charge in [-0.15, -0.1) is 0 Å². The summed E-state index contributed by atoms with van der Waals surface area (Å²) < 4.78 is 10.5. The molecule has 0 aromatic carbocycles. The lowest BCUT2D eigenvalue weighted by Crippen LogP contribution is -2.28. The number of allylic oxidation sites excluding steroid dienone is 6. The average molecular weight is 775 g/mol.